The van der Waals surface area contributed by atoms with Gasteiger partial charge >= 0.3 is 0 Å². The van der Waals surface area contributed by atoms with Crippen LogP contribution < -0.4 is 5.32 Å². The molecule has 134 valence electrons. The number of nitrogens with one attached hydrogen (secondary N) is 1. The molecule has 0 saturated carbocycles. The van der Waals surface area contributed by atoms with Crippen LogP contribution in [-0.2, 0) is 14.8 Å². The van der Waals surface area contributed by atoms with Gasteiger partial charge in [0.25, 0.3) is 0 Å². The molecule has 2 heterocycles. The van der Waals surface area contributed by atoms with Crippen LogP contribution in [-0.4, -0.2) is 43.0 Å². The van der Waals surface area contributed by atoms with Crippen molar-refractivity contribution in [3.05, 3.63) is 35.5 Å². The Hall–Kier alpha value is -1.84. The average molecular weight is 383 g/mol. The first-order valence-electron chi connectivity index (χ1n) is 7.80. The van der Waals surface area contributed by atoms with Crippen molar-refractivity contribution in [3.63, 3.8) is 0 Å². The fourth-order valence-electron chi connectivity index (χ4n) is 2.75. The quantitative estimate of drug-likeness (QED) is 0.880. The second kappa shape index (κ2) is 7.19. The maximum absolute atomic E-state index is 13.0. The second-order valence-corrected chi connectivity index (χ2v) is 8.83. The molecule has 1 aromatic carbocycles. The van der Waals surface area contributed by atoms with E-state index in [0.29, 0.717) is 30.2 Å². The van der Waals surface area contributed by atoms with Crippen molar-refractivity contribution < 1.29 is 17.6 Å². The van der Waals surface area contributed by atoms with Crippen LogP contribution in [0.3, 0.4) is 0 Å². The molecule has 1 aliphatic heterocycles. The molecular weight excluding hydrogens is 365 g/mol. The topological polar surface area (TPSA) is 79.4 Å². The maximum atomic E-state index is 13.0. The smallest absolute Gasteiger partial charge is 0.230 e. The van der Waals surface area contributed by atoms with Crippen LogP contribution in [0.25, 0.3) is 11.3 Å². The summed E-state index contributed by atoms with van der Waals surface area (Å²) in [5.74, 6) is -0.935. The van der Waals surface area contributed by atoms with Gasteiger partial charge in [0.1, 0.15) is 5.82 Å². The Bertz CT molecular complexity index is 865. The molecule has 6 nitrogen and oxygen atoms in total. The van der Waals surface area contributed by atoms with E-state index < -0.39 is 10.0 Å². The lowest BCUT2D eigenvalue weighted by molar-refractivity contribution is -0.120. The number of carbonyl (C=O) groups excluding carboxylic acids is 1. The summed E-state index contributed by atoms with van der Waals surface area (Å²) in [6.07, 6.45) is 2.46. The van der Waals surface area contributed by atoms with E-state index in [0.717, 1.165) is 11.8 Å². The molecule has 9 heteroatoms. The summed E-state index contributed by atoms with van der Waals surface area (Å²) in [5, 5.41) is 4.99. The standard InChI is InChI=1S/C16H18FN3O3S2/c1-25(22,23)20-8-2-3-12(9-20)15(21)19-16-18-14(10-24-16)11-4-6-13(17)7-5-11/h4-7,10,12H,2-3,8-9H2,1H3,(H,18,19,21)/t12-/m1/s1. The minimum atomic E-state index is -3.29. The summed E-state index contributed by atoms with van der Waals surface area (Å²) in [5.41, 5.74) is 1.42. The van der Waals surface area contributed by atoms with Gasteiger partial charge in [-0.05, 0) is 37.1 Å². The van der Waals surface area contributed by atoms with Crippen molar-refractivity contribution in [2.75, 3.05) is 24.7 Å². The van der Waals surface area contributed by atoms with Crippen LogP contribution in [0.4, 0.5) is 9.52 Å². The minimum Gasteiger partial charge on any atom is -0.302 e. The number of rotatable bonds is 4. The zero-order chi connectivity index (χ0) is 18.0. The van der Waals surface area contributed by atoms with Crippen LogP contribution >= 0.6 is 11.3 Å². The molecular formula is C16H18FN3O3S2. The summed E-state index contributed by atoms with van der Waals surface area (Å²) in [4.78, 5) is 16.8. The van der Waals surface area contributed by atoms with E-state index in [1.165, 1.54) is 27.8 Å². The number of piperidine rings is 1. The van der Waals surface area contributed by atoms with Gasteiger partial charge < -0.3 is 5.32 Å². The van der Waals surface area contributed by atoms with Gasteiger partial charge in [0.15, 0.2) is 5.13 Å². The summed E-state index contributed by atoms with van der Waals surface area (Å²) in [7, 11) is -3.29. The predicted molar refractivity (Wildman–Crippen MR) is 95.3 cm³/mol. The lowest BCUT2D eigenvalue weighted by atomic mass is 9.99. The first-order chi connectivity index (χ1) is 11.8. The molecule has 0 aliphatic carbocycles. The van der Waals surface area contributed by atoms with E-state index in [1.807, 2.05) is 0 Å². The number of hydrogen-bond acceptors (Lipinski definition) is 5. The number of carbonyl (C=O) groups is 1. The van der Waals surface area contributed by atoms with Crippen LogP contribution in [0.15, 0.2) is 29.6 Å². The summed E-state index contributed by atoms with van der Waals surface area (Å²) < 4.78 is 37.6. The molecule has 1 aliphatic rings. The van der Waals surface area contributed by atoms with Crippen molar-refractivity contribution in [1.29, 1.82) is 0 Å². The third-order valence-corrected chi connectivity index (χ3v) is 6.13. The zero-order valence-electron chi connectivity index (χ0n) is 13.6. The first kappa shape index (κ1) is 18.0. The summed E-state index contributed by atoms with van der Waals surface area (Å²) >= 11 is 1.28. The number of anilines is 1. The Labute approximate surface area is 149 Å². The molecule has 1 atom stereocenters. The molecule has 0 radical (unpaired) electrons. The highest BCUT2D eigenvalue weighted by Gasteiger charge is 2.30. The number of nitrogens with zero attached hydrogens (tertiary/aromatic N) is 2. The molecule has 0 spiro atoms. The largest absolute Gasteiger partial charge is 0.302 e. The van der Waals surface area contributed by atoms with Crippen LogP contribution in [0, 0.1) is 11.7 Å². The number of amides is 1. The Balaban J connectivity index is 1.66. The fourth-order valence-corrected chi connectivity index (χ4v) is 4.38. The Morgan fingerprint density at radius 3 is 2.76 bits per heavy atom. The lowest BCUT2D eigenvalue weighted by Crippen LogP contribution is -2.43. The predicted octanol–water partition coefficient (Wildman–Crippen LogP) is 2.56. The third-order valence-electron chi connectivity index (χ3n) is 4.10. The number of benzene rings is 1. The lowest BCUT2D eigenvalue weighted by Gasteiger charge is -2.29. The Morgan fingerprint density at radius 1 is 1.36 bits per heavy atom. The molecule has 1 aromatic heterocycles. The van der Waals surface area contributed by atoms with Crippen molar-refractivity contribution in [3.8, 4) is 11.3 Å². The number of aromatic nitrogens is 1. The van der Waals surface area contributed by atoms with E-state index in [9.17, 15) is 17.6 Å². The molecule has 25 heavy (non-hydrogen) atoms. The van der Waals surface area contributed by atoms with E-state index in [4.69, 9.17) is 0 Å². The first-order valence-corrected chi connectivity index (χ1v) is 10.5. The summed E-state index contributed by atoms with van der Waals surface area (Å²) in [6.45, 7) is 0.648. The normalized spacial score (nSPS) is 18.9. The van der Waals surface area contributed by atoms with Gasteiger partial charge in [0, 0.05) is 24.0 Å². The highest BCUT2D eigenvalue weighted by molar-refractivity contribution is 7.88. The van der Waals surface area contributed by atoms with Gasteiger partial charge in [-0.25, -0.2) is 22.1 Å². The average Bonchev–Trinajstić information content (AvgIpc) is 3.03. The van der Waals surface area contributed by atoms with Crippen molar-refractivity contribution in [1.82, 2.24) is 9.29 Å². The van der Waals surface area contributed by atoms with E-state index >= 15 is 0 Å². The monoisotopic (exact) mass is 383 g/mol. The van der Waals surface area contributed by atoms with Gasteiger partial charge in [0.2, 0.25) is 15.9 Å². The molecule has 1 saturated heterocycles. The molecule has 3 rings (SSSR count). The number of hydrogen-bond donors (Lipinski definition) is 1. The van der Waals surface area contributed by atoms with E-state index in [2.05, 4.69) is 10.3 Å². The van der Waals surface area contributed by atoms with Gasteiger partial charge in [0.05, 0.1) is 17.9 Å². The van der Waals surface area contributed by atoms with Gasteiger partial charge in [-0.2, -0.15) is 0 Å². The molecule has 0 bridgehead atoms. The second-order valence-electron chi connectivity index (χ2n) is 5.99. The zero-order valence-corrected chi connectivity index (χ0v) is 15.2. The third kappa shape index (κ3) is 4.42. The fraction of sp³-hybridized carbons (Fsp3) is 0.375. The summed E-state index contributed by atoms with van der Waals surface area (Å²) in [6, 6.07) is 5.96. The minimum absolute atomic E-state index is 0.195. The van der Waals surface area contributed by atoms with Crippen molar-refractivity contribution >= 4 is 32.4 Å². The number of thiazole rings is 1. The highest BCUT2D eigenvalue weighted by Crippen LogP contribution is 2.26. The van der Waals surface area contributed by atoms with Crippen LogP contribution in [0.2, 0.25) is 0 Å². The maximum Gasteiger partial charge on any atom is 0.230 e. The van der Waals surface area contributed by atoms with Crippen molar-refractivity contribution in [2.24, 2.45) is 5.92 Å². The van der Waals surface area contributed by atoms with E-state index in [1.54, 1.807) is 17.5 Å². The molecule has 1 amide bonds. The van der Waals surface area contributed by atoms with Crippen LogP contribution in [0.5, 0.6) is 0 Å². The number of sulfonamides is 1. The Morgan fingerprint density at radius 2 is 2.08 bits per heavy atom. The van der Waals surface area contributed by atoms with Crippen molar-refractivity contribution in [2.45, 2.75) is 12.8 Å². The van der Waals surface area contributed by atoms with Gasteiger partial charge in [-0.15, -0.1) is 11.3 Å². The Kier molecular flexibility index (Phi) is 5.16. The van der Waals surface area contributed by atoms with Gasteiger partial charge in [-0.3, -0.25) is 4.79 Å². The van der Waals surface area contributed by atoms with E-state index in [-0.39, 0.29) is 24.2 Å². The van der Waals surface area contributed by atoms with Crippen LogP contribution in [0.1, 0.15) is 12.8 Å². The SMILES string of the molecule is CS(=O)(=O)N1CCC[C@@H](C(=O)Nc2nc(-c3ccc(F)cc3)cs2)C1. The molecule has 0 unspecified atom stereocenters. The van der Waals surface area contributed by atoms with Gasteiger partial charge in [-0.1, -0.05) is 0 Å². The highest BCUT2D eigenvalue weighted by atomic mass is 32.2. The number of halogens is 1. The molecule has 2 aromatic rings. The molecule has 1 fully saturated rings. The molecule has 1 N–H and O–H groups in total.